The topological polar surface area (TPSA) is 91.4 Å². The Balaban J connectivity index is 1.42. The maximum Gasteiger partial charge on any atom is 0.248 e. The monoisotopic (exact) mass is 350 g/mol. The van der Waals surface area contributed by atoms with Crippen LogP contribution in [0.15, 0.2) is 11.6 Å². The van der Waals surface area contributed by atoms with E-state index in [0.29, 0.717) is 37.5 Å². The van der Waals surface area contributed by atoms with Crippen LogP contribution in [0.2, 0.25) is 0 Å². The molecule has 1 aromatic heterocycles. The van der Waals surface area contributed by atoms with Crippen molar-refractivity contribution in [1.82, 2.24) is 15.2 Å². The van der Waals surface area contributed by atoms with Gasteiger partial charge >= 0.3 is 0 Å². The maximum absolute atomic E-state index is 12.4. The molecule has 3 amide bonds. The van der Waals surface area contributed by atoms with Gasteiger partial charge in [0.1, 0.15) is 6.04 Å². The van der Waals surface area contributed by atoms with Crippen LogP contribution in [0.3, 0.4) is 0 Å². The molecule has 8 heteroatoms. The third kappa shape index (κ3) is 4.31. The average molecular weight is 350 g/mol. The minimum absolute atomic E-state index is 0.0209. The molecule has 2 aliphatic rings. The van der Waals surface area contributed by atoms with Gasteiger partial charge in [-0.3, -0.25) is 14.4 Å². The van der Waals surface area contributed by atoms with Crippen molar-refractivity contribution in [3.05, 3.63) is 11.6 Å². The fourth-order valence-electron chi connectivity index (χ4n) is 2.90. The van der Waals surface area contributed by atoms with Crippen molar-refractivity contribution in [2.24, 2.45) is 5.92 Å². The molecule has 1 aromatic rings. The predicted octanol–water partition coefficient (Wildman–Crippen LogP) is 1.38. The Bertz CT molecular complexity index is 600. The number of likely N-dealkylation sites (tertiary alicyclic amines) is 1. The number of rotatable bonds is 7. The number of hydrogen-bond donors (Lipinski definition) is 2. The SMILES string of the molecule is O=C(NCCCC(=O)N1CCCC1C(=O)Nc1nccs1)C1CC1. The molecule has 0 bridgehead atoms. The first-order valence-electron chi connectivity index (χ1n) is 8.42. The lowest BCUT2D eigenvalue weighted by molar-refractivity contribution is -0.136. The highest BCUT2D eigenvalue weighted by atomic mass is 32.1. The minimum Gasteiger partial charge on any atom is -0.356 e. The lowest BCUT2D eigenvalue weighted by Crippen LogP contribution is -2.43. The van der Waals surface area contributed by atoms with Gasteiger partial charge in [0.05, 0.1) is 0 Å². The highest BCUT2D eigenvalue weighted by molar-refractivity contribution is 7.13. The van der Waals surface area contributed by atoms with E-state index >= 15 is 0 Å². The molecule has 3 rings (SSSR count). The third-order valence-electron chi connectivity index (χ3n) is 4.35. The number of anilines is 1. The number of carbonyl (C=O) groups is 3. The van der Waals surface area contributed by atoms with E-state index in [2.05, 4.69) is 15.6 Å². The molecular formula is C16H22N4O3S. The number of carbonyl (C=O) groups excluding carboxylic acids is 3. The van der Waals surface area contributed by atoms with Crippen molar-refractivity contribution >= 4 is 34.2 Å². The van der Waals surface area contributed by atoms with Crippen LogP contribution >= 0.6 is 11.3 Å². The summed E-state index contributed by atoms with van der Waals surface area (Å²) in [5.74, 6) is 0.104. The number of thiazole rings is 1. The van der Waals surface area contributed by atoms with Crippen LogP contribution in [0.4, 0.5) is 5.13 Å². The normalized spacial score (nSPS) is 20.0. The Morgan fingerprint density at radius 3 is 2.79 bits per heavy atom. The Morgan fingerprint density at radius 2 is 2.08 bits per heavy atom. The molecule has 1 aliphatic carbocycles. The first-order chi connectivity index (χ1) is 11.6. The Morgan fingerprint density at radius 1 is 1.25 bits per heavy atom. The molecule has 130 valence electrons. The first kappa shape index (κ1) is 16.9. The molecular weight excluding hydrogens is 328 g/mol. The van der Waals surface area contributed by atoms with Gasteiger partial charge in [-0.05, 0) is 32.1 Å². The lowest BCUT2D eigenvalue weighted by atomic mass is 10.2. The van der Waals surface area contributed by atoms with E-state index in [1.807, 2.05) is 0 Å². The summed E-state index contributed by atoms with van der Waals surface area (Å²) in [5.41, 5.74) is 0. The quantitative estimate of drug-likeness (QED) is 0.727. The van der Waals surface area contributed by atoms with Gasteiger partial charge in [0.15, 0.2) is 5.13 Å². The van der Waals surface area contributed by atoms with Gasteiger partial charge in [0, 0.05) is 37.0 Å². The molecule has 24 heavy (non-hydrogen) atoms. The summed E-state index contributed by atoms with van der Waals surface area (Å²) in [6, 6.07) is -0.414. The number of hydrogen-bond acceptors (Lipinski definition) is 5. The summed E-state index contributed by atoms with van der Waals surface area (Å²) in [7, 11) is 0. The zero-order valence-electron chi connectivity index (χ0n) is 13.5. The molecule has 1 saturated heterocycles. The second-order valence-corrected chi connectivity index (χ2v) is 7.14. The molecule has 1 unspecified atom stereocenters. The van der Waals surface area contributed by atoms with Crippen LogP contribution in [0.1, 0.15) is 38.5 Å². The molecule has 2 fully saturated rings. The van der Waals surface area contributed by atoms with Crippen molar-refractivity contribution < 1.29 is 14.4 Å². The molecule has 2 heterocycles. The predicted molar refractivity (Wildman–Crippen MR) is 90.4 cm³/mol. The second-order valence-electron chi connectivity index (χ2n) is 6.24. The van der Waals surface area contributed by atoms with E-state index in [9.17, 15) is 14.4 Å². The van der Waals surface area contributed by atoms with Gasteiger partial charge in [0.2, 0.25) is 17.7 Å². The summed E-state index contributed by atoms with van der Waals surface area (Å²) >= 11 is 1.36. The van der Waals surface area contributed by atoms with Gasteiger partial charge in [-0.25, -0.2) is 4.98 Å². The molecule has 1 aliphatic heterocycles. The molecule has 0 radical (unpaired) electrons. The van der Waals surface area contributed by atoms with Crippen LogP contribution in [0.5, 0.6) is 0 Å². The van der Waals surface area contributed by atoms with Gasteiger partial charge in [0.25, 0.3) is 0 Å². The molecule has 1 saturated carbocycles. The van der Waals surface area contributed by atoms with Crippen molar-refractivity contribution in [1.29, 1.82) is 0 Å². The molecule has 0 aromatic carbocycles. The number of amides is 3. The Hall–Kier alpha value is -1.96. The van der Waals surface area contributed by atoms with E-state index in [0.717, 1.165) is 19.3 Å². The number of nitrogens with zero attached hydrogens (tertiary/aromatic N) is 2. The number of aromatic nitrogens is 1. The van der Waals surface area contributed by atoms with Crippen LogP contribution in [0.25, 0.3) is 0 Å². The van der Waals surface area contributed by atoms with E-state index in [1.54, 1.807) is 16.5 Å². The van der Waals surface area contributed by atoms with E-state index in [1.165, 1.54) is 11.3 Å². The summed E-state index contributed by atoms with van der Waals surface area (Å²) in [6.07, 6.45) is 6.07. The molecule has 2 N–H and O–H groups in total. The highest BCUT2D eigenvalue weighted by Gasteiger charge is 2.34. The highest BCUT2D eigenvalue weighted by Crippen LogP contribution is 2.28. The average Bonchev–Trinajstić information content (AvgIpc) is 3.09. The Labute approximate surface area is 144 Å². The zero-order valence-corrected chi connectivity index (χ0v) is 14.3. The summed E-state index contributed by atoms with van der Waals surface area (Å²) in [5, 5.41) is 7.98. The molecule has 0 spiro atoms. The van der Waals surface area contributed by atoms with Gasteiger partial charge in [-0.2, -0.15) is 0 Å². The summed E-state index contributed by atoms with van der Waals surface area (Å²) < 4.78 is 0. The van der Waals surface area contributed by atoms with Crippen molar-refractivity contribution in [2.75, 3.05) is 18.4 Å². The second kappa shape index (κ2) is 7.74. The standard InChI is InChI=1S/C16H22N4O3S/c21-13(4-1-7-17-14(22)11-5-6-11)20-9-2-3-12(20)15(23)19-16-18-8-10-24-16/h8,10-12H,1-7,9H2,(H,17,22)(H,18,19,23). The van der Waals surface area contributed by atoms with Gasteiger partial charge < -0.3 is 15.5 Å². The molecule has 7 nitrogen and oxygen atoms in total. The van der Waals surface area contributed by atoms with E-state index in [-0.39, 0.29) is 23.6 Å². The van der Waals surface area contributed by atoms with Gasteiger partial charge in [-0.1, -0.05) is 0 Å². The van der Waals surface area contributed by atoms with E-state index < -0.39 is 6.04 Å². The minimum atomic E-state index is -0.414. The smallest absolute Gasteiger partial charge is 0.248 e. The summed E-state index contributed by atoms with van der Waals surface area (Å²) in [4.78, 5) is 41.9. The van der Waals surface area contributed by atoms with Crippen LogP contribution in [-0.2, 0) is 14.4 Å². The summed E-state index contributed by atoms with van der Waals surface area (Å²) in [6.45, 7) is 1.13. The third-order valence-corrected chi connectivity index (χ3v) is 5.04. The van der Waals surface area contributed by atoms with Crippen molar-refractivity contribution in [3.8, 4) is 0 Å². The van der Waals surface area contributed by atoms with Crippen molar-refractivity contribution in [2.45, 2.75) is 44.6 Å². The lowest BCUT2D eigenvalue weighted by Gasteiger charge is -2.23. The largest absolute Gasteiger partial charge is 0.356 e. The van der Waals surface area contributed by atoms with Crippen LogP contribution in [0, 0.1) is 5.92 Å². The van der Waals surface area contributed by atoms with E-state index in [4.69, 9.17) is 0 Å². The molecule has 1 atom stereocenters. The van der Waals surface area contributed by atoms with Crippen molar-refractivity contribution in [3.63, 3.8) is 0 Å². The fourth-order valence-corrected chi connectivity index (χ4v) is 3.43. The number of nitrogens with one attached hydrogen (secondary N) is 2. The van der Waals surface area contributed by atoms with Gasteiger partial charge in [-0.15, -0.1) is 11.3 Å². The van der Waals surface area contributed by atoms with Crippen LogP contribution in [-0.4, -0.2) is 46.7 Å². The Kier molecular flexibility index (Phi) is 5.44. The zero-order chi connectivity index (χ0) is 16.9. The fraction of sp³-hybridized carbons (Fsp3) is 0.625. The maximum atomic E-state index is 12.4. The first-order valence-corrected chi connectivity index (χ1v) is 9.30. The van der Waals surface area contributed by atoms with Crippen LogP contribution < -0.4 is 10.6 Å².